The van der Waals surface area contributed by atoms with Gasteiger partial charge in [-0.3, -0.25) is 4.79 Å². The van der Waals surface area contributed by atoms with Gasteiger partial charge in [-0.05, 0) is 36.8 Å². The van der Waals surface area contributed by atoms with Crippen molar-refractivity contribution in [2.45, 2.75) is 6.92 Å². The molecule has 0 aliphatic carbocycles. The van der Waals surface area contributed by atoms with E-state index in [1.807, 2.05) is 0 Å². The molecule has 0 heterocycles. The summed E-state index contributed by atoms with van der Waals surface area (Å²) < 4.78 is 27.2. The lowest BCUT2D eigenvalue weighted by molar-refractivity contribution is 0.103. The predicted molar refractivity (Wildman–Crippen MR) is 70.4 cm³/mol. The van der Waals surface area contributed by atoms with Gasteiger partial charge in [-0.15, -0.1) is 0 Å². The molecule has 0 fully saturated rings. The van der Waals surface area contributed by atoms with Crippen LogP contribution in [0.5, 0.6) is 0 Å². The van der Waals surface area contributed by atoms with Crippen LogP contribution >= 0.6 is 11.6 Å². The van der Waals surface area contributed by atoms with Gasteiger partial charge in [0.2, 0.25) is 0 Å². The monoisotopic (exact) mass is 281 g/mol. The first-order valence-corrected chi connectivity index (χ1v) is 5.84. The quantitative estimate of drug-likeness (QED) is 0.673. The first-order chi connectivity index (χ1) is 8.91. The number of halogens is 3. The maximum Gasteiger partial charge on any atom is 0.199 e. The minimum atomic E-state index is -0.803. The van der Waals surface area contributed by atoms with E-state index in [4.69, 9.17) is 17.3 Å². The Hall–Kier alpha value is -1.94. The molecular weight excluding hydrogens is 272 g/mol. The number of hydrogen-bond donors (Lipinski definition) is 1. The van der Waals surface area contributed by atoms with Crippen LogP contribution in [0.2, 0.25) is 5.02 Å². The van der Waals surface area contributed by atoms with Crippen LogP contribution in [0.3, 0.4) is 0 Å². The summed E-state index contributed by atoms with van der Waals surface area (Å²) in [6.07, 6.45) is 0. The molecule has 0 bridgehead atoms. The molecule has 0 saturated carbocycles. The van der Waals surface area contributed by atoms with Gasteiger partial charge in [0.05, 0.1) is 16.1 Å². The van der Waals surface area contributed by atoms with Crippen molar-refractivity contribution in [2.75, 3.05) is 5.73 Å². The summed E-state index contributed by atoms with van der Waals surface area (Å²) in [5.74, 6) is -2.20. The van der Waals surface area contributed by atoms with E-state index >= 15 is 0 Å². The van der Waals surface area contributed by atoms with Crippen molar-refractivity contribution < 1.29 is 13.6 Å². The Labute approximate surface area is 113 Å². The van der Waals surface area contributed by atoms with Gasteiger partial charge in [-0.1, -0.05) is 17.7 Å². The van der Waals surface area contributed by atoms with Crippen molar-refractivity contribution in [1.29, 1.82) is 0 Å². The summed E-state index contributed by atoms with van der Waals surface area (Å²) in [5.41, 5.74) is 5.50. The maximum absolute atomic E-state index is 13.8. The van der Waals surface area contributed by atoms with Gasteiger partial charge in [-0.25, -0.2) is 8.78 Å². The van der Waals surface area contributed by atoms with E-state index in [1.165, 1.54) is 19.1 Å². The molecule has 5 heteroatoms. The van der Waals surface area contributed by atoms with Crippen molar-refractivity contribution in [3.05, 3.63) is 63.7 Å². The molecule has 98 valence electrons. The predicted octanol–water partition coefficient (Wildman–Crippen LogP) is 3.74. The van der Waals surface area contributed by atoms with Crippen molar-refractivity contribution in [1.82, 2.24) is 0 Å². The summed E-state index contributed by atoms with van der Waals surface area (Å²) in [5, 5.41) is 0.102. The Bertz CT molecular complexity index is 650. The molecule has 0 amide bonds. The molecule has 19 heavy (non-hydrogen) atoms. The summed E-state index contributed by atoms with van der Waals surface area (Å²) in [7, 11) is 0. The third-order valence-electron chi connectivity index (χ3n) is 2.77. The van der Waals surface area contributed by atoms with Crippen LogP contribution in [-0.4, -0.2) is 5.78 Å². The highest BCUT2D eigenvalue weighted by Crippen LogP contribution is 2.26. The molecule has 0 saturated heterocycles. The number of ketones is 1. The molecule has 0 radical (unpaired) electrons. The molecule has 0 aromatic heterocycles. The SMILES string of the molecule is Cc1cc(F)c(C(=O)c2c(N)cccc2Cl)cc1F. The van der Waals surface area contributed by atoms with E-state index in [9.17, 15) is 13.6 Å². The van der Waals surface area contributed by atoms with Gasteiger partial charge < -0.3 is 5.73 Å². The smallest absolute Gasteiger partial charge is 0.199 e. The van der Waals surface area contributed by atoms with E-state index in [-0.39, 0.29) is 27.4 Å². The van der Waals surface area contributed by atoms with Gasteiger partial charge in [0, 0.05) is 5.69 Å². The number of rotatable bonds is 2. The van der Waals surface area contributed by atoms with E-state index in [0.717, 1.165) is 12.1 Å². The van der Waals surface area contributed by atoms with Crippen LogP contribution in [0.15, 0.2) is 30.3 Å². The highest BCUT2D eigenvalue weighted by atomic mass is 35.5. The molecule has 2 N–H and O–H groups in total. The number of carbonyl (C=O) groups is 1. The number of carbonyl (C=O) groups excluding carboxylic acids is 1. The van der Waals surface area contributed by atoms with Crippen LogP contribution in [0, 0.1) is 18.6 Å². The Kier molecular flexibility index (Phi) is 3.53. The van der Waals surface area contributed by atoms with Crippen molar-refractivity contribution in [3.63, 3.8) is 0 Å². The zero-order valence-corrected chi connectivity index (χ0v) is 10.8. The minimum Gasteiger partial charge on any atom is -0.398 e. The number of aryl methyl sites for hydroxylation is 1. The van der Waals surface area contributed by atoms with Crippen LogP contribution in [0.4, 0.5) is 14.5 Å². The molecule has 2 nitrogen and oxygen atoms in total. The number of benzene rings is 2. The number of nitrogen functional groups attached to an aromatic ring is 1. The fraction of sp³-hybridized carbons (Fsp3) is 0.0714. The summed E-state index contributed by atoms with van der Waals surface area (Å²) in [4.78, 5) is 12.2. The van der Waals surface area contributed by atoms with Crippen molar-refractivity contribution in [2.24, 2.45) is 0 Å². The molecule has 0 spiro atoms. The zero-order valence-electron chi connectivity index (χ0n) is 10.0. The molecule has 2 rings (SSSR count). The normalized spacial score (nSPS) is 10.5. The Morgan fingerprint density at radius 2 is 1.89 bits per heavy atom. The minimum absolute atomic E-state index is 0.0219. The molecule has 0 unspecified atom stereocenters. The van der Waals surface area contributed by atoms with E-state index in [2.05, 4.69) is 0 Å². The van der Waals surface area contributed by atoms with Gasteiger partial charge in [0.1, 0.15) is 11.6 Å². The summed E-state index contributed by atoms with van der Waals surface area (Å²) in [6, 6.07) is 6.33. The van der Waals surface area contributed by atoms with Crippen molar-refractivity contribution >= 4 is 23.1 Å². The molecule has 0 aliphatic rings. The highest BCUT2D eigenvalue weighted by Gasteiger charge is 2.20. The third kappa shape index (κ3) is 2.44. The molecular formula is C14H10ClF2NO. The summed E-state index contributed by atoms with van der Waals surface area (Å²) >= 11 is 5.88. The average Bonchev–Trinajstić information content (AvgIpc) is 2.33. The molecule has 0 atom stereocenters. The number of hydrogen-bond acceptors (Lipinski definition) is 2. The lowest BCUT2D eigenvalue weighted by Gasteiger charge is -2.09. The number of nitrogens with two attached hydrogens (primary N) is 1. The van der Waals surface area contributed by atoms with Crippen LogP contribution < -0.4 is 5.73 Å². The molecule has 0 aliphatic heterocycles. The largest absolute Gasteiger partial charge is 0.398 e. The van der Waals surface area contributed by atoms with Crippen LogP contribution in [0.25, 0.3) is 0 Å². The molecule has 2 aromatic rings. The average molecular weight is 282 g/mol. The van der Waals surface area contributed by atoms with E-state index in [0.29, 0.717) is 0 Å². The maximum atomic E-state index is 13.8. The lowest BCUT2D eigenvalue weighted by Crippen LogP contribution is -2.09. The van der Waals surface area contributed by atoms with Crippen LogP contribution in [-0.2, 0) is 0 Å². The van der Waals surface area contributed by atoms with E-state index in [1.54, 1.807) is 6.07 Å². The van der Waals surface area contributed by atoms with E-state index < -0.39 is 17.4 Å². The standard InChI is InChI=1S/C14H10ClF2NO/c1-7-5-11(17)8(6-10(7)16)14(19)13-9(15)3-2-4-12(13)18/h2-6H,18H2,1H3. The Balaban J connectivity index is 2.60. The van der Waals surface area contributed by atoms with Crippen molar-refractivity contribution in [3.8, 4) is 0 Å². The Morgan fingerprint density at radius 1 is 1.21 bits per heavy atom. The molecule has 2 aromatic carbocycles. The van der Waals surface area contributed by atoms with Gasteiger partial charge in [-0.2, -0.15) is 0 Å². The second-order valence-electron chi connectivity index (χ2n) is 4.11. The zero-order chi connectivity index (χ0) is 14.2. The van der Waals surface area contributed by atoms with Gasteiger partial charge >= 0.3 is 0 Å². The fourth-order valence-electron chi connectivity index (χ4n) is 1.74. The first-order valence-electron chi connectivity index (χ1n) is 5.46. The first kappa shape index (κ1) is 13.5. The number of anilines is 1. The van der Waals surface area contributed by atoms with Crippen LogP contribution in [0.1, 0.15) is 21.5 Å². The second kappa shape index (κ2) is 4.97. The highest BCUT2D eigenvalue weighted by molar-refractivity contribution is 6.35. The fourth-order valence-corrected chi connectivity index (χ4v) is 2.00. The lowest BCUT2D eigenvalue weighted by atomic mass is 10.00. The second-order valence-corrected chi connectivity index (χ2v) is 4.52. The van der Waals surface area contributed by atoms with Gasteiger partial charge in [0.25, 0.3) is 0 Å². The topological polar surface area (TPSA) is 43.1 Å². The Morgan fingerprint density at radius 3 is 2.53 bits per heavy atom. The van der Waals surface area contributed by atoms with Gasteiger partial charge in [0.15, 0.2) is 5.78 Å². The summed E-state index contributed by atoms with van der Waals surface area (Å²) in [6.45, 7) is 1.41. The third-order valence-corrected chi connectivity index (χ3v) is 3.08.